The van der Waals surface area contributed by atoms with Crippen molar-refractivity contribution in [3.63, 3.8) is 0 Å². The Hall–Kier alpha value is -2.40. The maximum Gasteiger partial charge on any atom is 0.318 e. The molecule has 1 heterocycles. The molecule has 2 aromatic rings. The second-order valence-electron chi connectivity index (χ2n) is 6.46. The van der Waals surface area contributed by atoms with Crippen molar-refractivity contribution < 1.29 is 14.3 Å². The molecule has 1 saturated heterocycles. The molecule has 132 valence electrons. The van der Waals surface area contributed by atoms with E-state index < -0.39 is 0 Å². The minimum Gasteiger partial charge on any atom is -0.396 e. The van der Waals surface area contributed by atoms with Crippen LogP contribution >= 0.6 is 0 Å². The zero-order chi connectivity index (χ0) is 17.6. The first-order valence-electron chi connectivity index (χ1n) is 8.64. The van der Waals surface area contributed by atoms with E-state index in [1.54, 1.807) is 17.0 Å². The molecule has 1 unspecified atom stereocenters. The van der Waals surface area contributed by atoms with E-state index in [4.69, 9.17) is 0 Å². The van der Waals surface area contributed by atoms with Crippen LogP contribution in [-0.2, 0) is 0 Å². The van der Waals surface area contributed by atoms with Gasteiger partial charge in [0.25, 0.3) is 0 Å². The second kappa shape index (κ2) is 8.12. The Morgan fingerprint density at radius 3 is 2.28 bits per heavy atom. The molecule has 3 rings (SSSR count). The van der Waals surface area contributed by atoms with Crippen LogP contribution in [-0.4, -0.2) is 35.7 Å². The Bertz CT molecular complexity index is 683. The zero-order valence-corrected chi connectivity index (χ0v) is 14.1. The van der Waals surface area contributed by atoms with Crippen LogP contribution in [0.15, 0.2) is 54.6 Å². The van der Waals surface area contributed by atoms with Crippen molar-refractivity contribution in [3.05, 3.63) is 71.5 Å². The topological polar surface area (TPSA) is 52.6 Å². The summed E-state index contributed by atoms with van der Waals surface area (Å²) in [6, 6.07) is 15.4. The van der Waals surface area contributed by atoms with Gasteiger partial charge in [0.1, 0.15) is 5.82 Å². The molecule has 1 atom stereocenters. The van der Waals surface area contributed by atoms with Crippen LogP contribution in [0.2, 0.25) is 0 Å². The Morgan fingerprint density at radius 1 is 1.08 bits per heavy atom. The molecule has 2 amide bonds. The van der Waals surface area contributed by atoms with Crippen LogP contribution < -0.4 is 5.32 Å². The summed E-state index contributed by atoms with van der Waals surface area (Å²) >= 11 is 0. The van der Waals surface area contributed by atoms with Crippen molar-refractivity contribution in [2.45, 2.75) is 18.9 Å². The second-order valence-corrected chi connectivity index (χ2v) is 6.46. The van der Waals surface area contributed by atoms with E-state index in [1.165, 1.54) is 12.1 Å². The SMILES string of the molecule is O=C(NC(c1ccccc1)c1ccc(F)cc1)N1CCC(CO)CC1. The molecule has 2 N–H and O–H groups in total. The Morgan fingerprint density at radius 2 is 1.68 bits per heavy atom. The highest BCUT2D eigenvalue weighted by molar-refractivity contribution is 5.75. The van der Waals surface area contributed by atoms with Crippen molar-refractivity contribution in [2.75, 3.05) is 19.7 Å². The highest BCUT2D eigenvalue weighted by atomic mass is 19.1. The molecule has 0 aromatic heterocycles. The van der Waals surface area contributed by atoms with E-state index in [9.17, 15) is 14.3 Å². The quantitative estimate of drug-likeness (QED) is 0.895. The summed E-state index contributed by atoms with van der Waals surface area (Å²) in [7, 11) is 0. The van der Waals surface area contributed by atoms with Gasteiger partial charge < -0.3 is 15.3 Å². The lowest BCUT2D eigenvalue weighted by atomic mass is 9.97. The number of likely N-dealkylation sites (tertiary alicyclic amines) is 1. The highest BCUT2D eigenvalue weighted by Crippen LogP contribution is 2.23. The van der Waals surface area contributed by atoms with Crippen LogP contribution in [0.25, 0.3) is 0 Å². The Labute approximate surface area is 147 Å². The number of halogens is 1. The van der Waals surface area contributed by atoms with Gasteiger partial charge in [-0.05, 0) is 42.0 Å². The van der Waals surface area contributed by atoms with Crippen molar-refractivity contribution >= 4 is 6.03 Å². The Balaban J connectivity index is 1.76. The molecule has 1 fully saturated rings. The number of amides is 2. The molecule has 1 aliphatic heterocycles. The number of hydrogen-bond donors (Lipinski definition) is 2. The van der Waals surface area contributed by atoms with Gasteiger partial charge in [0.05, 0.1) is 6.04 Å². The molecule has 0 spiro atoms. The van der Waals surface area contributed by atoms with Crippen molar-refractivity contribution in [1.29, 1.82) is 0 Å². The third-order valence-corrected chi connectivity index (χ3v) is 4.76. The summed E-state index contributed by atoms with van der Waals surface area (Å²) in [5, 5.41) is 12.3. The lowest BCUT2D eigenvalue weighted by molar-refractivity contribution is 0.136. The maximum absolute atomic E-state index is 13.3. The van der Waals surface area contributed by atoms with Crippen LogP contribution in [0.4, 0.5) is 9.18 Å². The number of benzene rings is 2. The van der Waals surface area contributed by atoms with Gasteiger partial charge in [-0.3, -0.25) is 0 Å². The summed E-state index contributed by atoms with van der Waals surface area (Å²) in [6.07, 6.45) is 1.63. The normalized spacial score (nSPS) is 16.5. The van der Waals surface area contributed by atoms with Crippen LogP contribution in [0.5, 0.6) is 0 Å². The summed E-state index contributed by atoms with van der Waals surface area (Å²) in [6.45, 7) is 1.46. The predicted molar refractivity (Wildman–Crippen MR) is 94.6 cm³/mol. The Kier molecular flexibility index (Phi) is 5.66. The third kappa shape index (κ3) is 4.37. The number of aliphatic hydroxyl groups is 1. The number of aliphatic hydroxyl groups excluding tert-OH is 1. The average molecular weight is 342 g/mol. The number of carbonyl (C=O) groups excluding carboxylic acids is 1. The third-order valence-electron chi connectivity index (χ3n) is 4.76. The van der Waals surface area contributed by atoms with E-state index in [2.05, 4.69) is 5.32 Å². The lowest BCUT2D eigenvalue weighted by Gasteiger charge is -2.32. The van der Waals surface area contributed by atoms with Crippen molar-refractivity contribution in [3.8, 4) is 0 Å². The van der Waals surface area contributed by atoms with Crippen LogP contribution in [0, 0.1) is 11.7 Å². The summed E-state index contributed by atoms with van der Waals surface area (Å²) < 4.78 is 13.3. The highest BCUT2D eigenvalue weighted by Gasteiger charge is 2.25. The van der Waals surface area contributed by atoms with E-state index in [-0.39, 0.29) is 30.4 Å². The fourth-order valence-corrected chi connectivity index (χ4v) is 3.19. The molecule has 2 aromatic carbocycles. The molecule has 1 aliphatic rings. The van der Waals surface area contributed by atoms with E-state index in [1.807, 2.05) is 30.3 Å². The fourth-order valence-electron chi connectivity index (χ4n) is 3.19. The van der Waals surface area contributed by atoms with Gasteiger partial charge in [0, 0.05) is 19.7 Å². The van der Waals surface area contributed by atoms with E-state index in [0.717, 1.165) is 24.0 Å². The number of nitrogens with one attached hydrogen (secondary N) is 1. The molecule has 0 aliphatic carbocycles. The molecule has 4 nitrogen and oxygen atoms in total. The lowest BCUT2D eigenvalue weighted by Crippen LogP contribution is -2.46. The van der Waals surface area contributed by atoms with Crippen LogP contribution in [0.3, 0.4) is 0 Å². The molecular formula is C20H23FN2O2. The molecular weight excluding hydrogens is 319 g/mol. The number of nitrogens with zero attached hydrogens (tertiary/aromatic N) is 1. The first-order valence-corrected chi connectivity index (χ1v) is 8.64. The van der Waals surface area contributed by atoms with E-state index in [0.29, 0.717) is 13.1 Å². The van der Waals surface area contributed by atoms with Gasteiger partial charge in [-0.25, -0.2) is 9.18 Å². The minimum atomic E-state index is -0.329. The van der Waals surface area contributed by atoms with Gasteiger partial charge in [-0.2, -0.15) is 0 Å². The maximum atomic E-state index is 13.3. The van der Waals surface area contributed by atoms with Crippen molar-refractivity contribution in [2.24, 2.45) is 5.92 Å². The average Bonchev–Trinajstić information content (AvgIpc) is 2.67. The number of carbonyl (C=O) groups is 1. The van der Waals surface area contributed by atoms with Gasteiger partial charge in [0.15, 0.2) is 0 Å². The van der Waals surface area contributed by atoms with Gasteiger partial charge in [-0.15, -0.1) is 0 Å². The molecule has 0 radical (unpaired) electrons. The smallest absolute Gasteiger partial charge is 0.318 e. The molecule has 0 bridgehead atoms. The van der Waals surface area contributed by atoms with Gasteiger partial charge in [-0.1, -0.05) is 42.5 Å². The number of rotatable bonds is 4. The monoisotopic (exact) mass is 342 g/mol. The van der Waals surface area contributed by atoms with Crippen molar-refractivity contribution in [1.82, 2.24) is 10.2 Å². The number of urea groups is 1. The fraction of sp³-hybridized carbons (Fsp3) is 0.350. The largest absolute Gasteiger partial charge is 0.396 e. The first kappa shape index (κ1) is 17.4. The first-order chi connectivity index (χ1) is 12.2. The summed E-state index contributed by atoms with van der Waals surface area (Å²) in [5.74, 6) is -0.0148. The molecule has 0 saturated carbocycles. The number of piperidine rings is 1. The standard InChI is InChI=1S/C20H23FN2O2/c21-18-8-6-17(7-9-18)19(16-4-2-1-3-5-16)22-20(25)23-12-10-15(14-24)11-13-23/h1-9,15,19,24H,10-14H2,(H,22,25). The minimum absolute atomic E-state index is 0.130. The van der Waals surface area contributed by atoms with E-state index >= 15 is 0 Å². The van der Waals surface area contributed by atoms with Gasteiger partial charge >= 0.3 is 6.03 Å². The molecule has 25 heavy (non-hydrogen) atoms. The molecule has 5 heteroatoms. The summed E-state index contributed by atoms with van der Waals surface area (Å²) in [4.78, 5) is 14.5. The number of hydrogen-bond acceptors (Lipinski definition) is 2. The van der Waals surface area contributed by atoms with Gasteiger partial charge in [0.2, 0.25) is 0 Å². The summed E-state index contributed by atoms with van der Waals surface area (Å²) in [5.41, 5.74) is 1.79. The van der Waals surface area contributed by atoms with Crippen LogP contribution in [0.1, 0.15) is 30.0 Å². The predicted octanol–water partition coefficient (Wildman–Crippen LogP) is 3.33. The zero-order valence-electron chi connectivity index (χ0n) is 14.1.